The number of anilines is 1. The number of hydrogen-bond donors (Lipinski definition) is 2. The fourth-order valence-electron chi connectivity index (χ4n) is 2.15. The van der Waals surface area contributed by atoms with Crippen molar-refractivity contribution in [3.63, 3.8) is 0 Å². The van der Waals surface area contributed by atoms with Crippen molar-refractivity contribution in [1.82, 2.24) is 5.32 Å². The molecule has 0 saturated heterocycles. The van der Waals surface area contributed by atoms with Gasteiger partial charge in [-0.15, -0.1) is 0 Å². The lowest BCUT2D eigenvalue weighted by Gasteiger charge is -2.26. The van der Waals surface area contributed by atoms with E-state index in [1.807, 2.05) is 13.0 Å². The zero-order valence-corrected chi connectivity index (χ0v) is 16.3. The topological polar surface area (TPSA) is 67.4 Å². The Morgan fingerprint density at radius 2 is 1.77 bits per heavy atom. The molecule has 0 unspecified atom stereocenters. The van der Waals surface area contributed by atoms with Gasteiger partial charge in [0.1, 0.15) is 5.75 Å². The van der Waals surface area contributed by atoms with E-state index in [2.05, 4.69) is 10.6 Å². The number of rotatable bonds is 5. The van der Waals surface area contributed by atoms with Crippen LogP contribution in [0.3, 0.4) is 0 Å². The van der Waals surface area contributed by atoms with Gasteiger partial charge in [-0.25, -0.2) is 0 Å². The molecule has 138 valence electrons. The predicted octanol–water partition coefficient (Wildman–Crippen LogP) is 4.46. The molecule has 26 heavy (non-hydrogen) atoms. The molecule has 2 amide bonds. The van der Waals surface area contributed by atoms with E-state index in [4.69, 9.17) is 39.5 Å². The third-order valence-electron chi connectivity index (χ3n) is 3.25. The maximum absolute atomic E-state index is 12.4. The average Bonchev–Trinajstić information content (AvgIpc) is 2.53. The number of aryl methyl sites for hydroxylation is 1. The second-order valence-electron chi connectivity index (χ2n) is 5.59. The molecule has 0 aliphatic heterocycles. The standard InChI is InChI=1S/C18H17Cl3N2O3/c1-11-5-3-6-13(9-11)16(25)23-17(18(19,20)21)26-15-8-4-7-14(10-15)22-12(2)24/h3-10,17H,1-2H3,(H,22,24)(H,23,25)/t17-/m1/s1. The Bertz CT molecular complexity index is 806. The summed E-state index contributed by atoms with van der Waals surface area (Å²) in [5, 5.41) is 5.19. The van der Waals surface area contributed by atoms with Crippen molar-refractivity contribution in [3.05, 3.63) is 59.7 Å². The van der Waals surface area contributed by atoms with E-state index in [0.29, 0.717) is 17.0 Å². The lowest BCUT2D eigenvalue weighted by Crippen LogP contribution is -2.47. The number of carbonyl (C=O) groups excluding carboxylic acids is 2. The van der Waals surface area contributed by atoms with Gasteiger partial charge in [0, 0.05) is 24.2 Å². The highest BCUT2D eigenvalue weighted by atomic mass is 35.6. The molecule has 0 spiro atoms. The van der Waals surface area contributed by atoms with Crippen LogP contribution in [-0.4, -0.2) is 21.8 Å². The molecule has 2 aromatic rings. The summed E-state index contributed by atoms with van der Waals surface area (Å²) in [5.41, 5.74) is 1.86. The summed E-state index contributed by atoms with van der Waals surface area (Å²) in [7, 11) is 0. The van der Waals surface area contributed by atoms with E-state index in [9.17, 15) is 9.59 Å². The minimum absolute atomic E-state index is 0.229. The molecule has 0 aliphatic carbocycles. The van der Waals surface area contributed by atoms with Gasteiger partial charge in [0.2, 0.25) is 15.9 Å². The van der Waals surface area contributed by atoms with Gasteiger partial charge < -0.3 is 15.4 Å². The zero-order valence-electron chi connectivity index (χ0n) is 14.1. The SMILES string of the molecule is CC(=O)Nc1cccc(O[C@@H](NC(=O)c2cccc(C)c2)C(Cl)(Cl)Cl)c1. The number of alkyl halides is 3. The van der Waals surface area contributed by atoms with Gasteiger partial charge in [0.25, 0.3) is 5.91 Å². The molecule has 0 heterocycles. The molecule has 2 rings (SSSR count). The Kier molecular flexibility index (Phi) is 6.75. The first-order chi connectivity index (χ1) is 12.1. The second kappa shape index (κ2) is 8.62. The van der Waals surface area contributed by atoms with Crippen LogP contribution in [0.15, 0.2) is 48.5 Å². The minimum Gasteiger partial charge on any atom is -0.466 e. The van der Waals surface area contributed by atoms with Crippen molar-refractivity contribution in [3.8, 4) is 5.75 Å². The maximum atomic E-state index is 12.4. The summed E-state index contributed by atoms with van der Waals surface area (Å²) in [6, 6.07) is 13.5. The van der Waals surface area contributed by atoms with Gasteiger partial charge in [-0.3, -0.25) is 9.59 Å². The molecule has 8 heteroatoms. The number of nitrogens with one attached hydrogen (secondary N) is 2. The highest BCUT2D eigenvalue weighted by Gasteiger charge is 2.36. The average molecular weight is 416 g/mol. The van der Waals surface area contributed by atoms with E-state index in [0.717, 1.165) is 5.56 Å². The molecule has 0 fully saturated rings. The van der Waals surface area contributed by atoms with Crippen molar-refractivity contribution >= 4 is 52.3 Å². The van der Waals surface area contributed by atoms with Crippen LogP contribution in [-0.2, 0) is 4.79 Å². The van der Waals surface area contributed by atoms with Crippen LogP contribution < -0.4 is 15.4 Å². The number of ether oxygens (including phenoxy) is 1. The summed E-state index contributed by atoms with van der Waals surface area (Å²) in [5.74, 6) is -0.354. The normalized spacial score (nSPS) is 12.2. The molecule has 0 radical (unpaired) electrons. The molecule has 0 bridgehead atoms. The summed E-state index contributed by atoms with van der Waals surface area (Å²) in [6.07, 6.45) is -1.24. The lowest BCUT2D eigenvalue weighted by molar-refractivity contribution is -0.114. The van der Waals surface area contributed by atoms with Crippen molar-refractivity contribution in [2.45, 2.75) is 23.9 Å². The molecule has 2 aromatic carbocycles. The smallest absolute Gasteiger partial charge is 0.254 e. The summed E-state index contributed by atoms with van der Waals surface area (Å²) in [4.78, 5) is 23.6. The van der Waals surface area contributed by atoms with Gasteiger partial charge >= 0.3 is 0 Å². The van der Waals surface area contributed by atoms with E-state index in [1.165, 1.54) is 6.92 Å². The van der Waals surface area contributed by atoms with E-state index in [-0.39, 0.29) is 5.91 Å². The first-order valence-electron chi connectivity index (χ1n) is 7.64. The van der Waals surface area contributed by atoms with Gasteiger partial charge in [0.15, 0.2) is 0 Å². The number of amides is 2. The van der Waals surface area contributed by atoms with Crippen molar-refractivity contribution < 1.29 is 14.3 Å². The Labute approximate surface area is 166 Å². The monoisotopic (exact) mass is 414 g/mol. The van der Waals surface area contributed by atoms with Crippen molar-refractivity contribution in [1.29, 1.82) is 0 Å². The second-order valence-corrected chi connectivity index (χ2v) is 7.96. The molecule has 5 nitrogen and oxygen atoms in total. The predicted molar refractivity (Wildman–Crippen MR) is 104 cm³/mol. The van der Waals surface area contributed by atoms with Crippen molar-refractivity contribution in [2.75, 3.05) is 5.32 Å². The molecule has 0 aliphatic rings. The summed E-state index contributed by atoms with van der Waals surface area (Å²) in [6.45, 7) is 3.26. The summed E-state index contributed by atoms with van der Waals surface area (Å²) >= 11 is 17.9. The molecule has 0 aromatic heterocycles. The Hall–Kier alpha value is -1.95. The number of benzene rings is 2. The fourth-order valence-corrected chi connectivity index (χ4v) is 2.45. The highest BCUT2D eigenvalue weighted by molar-refractivity contribution is 6.68. The molecule has 1 atom stereocenters. The van der Waals surface area contributed by atoms with E-state index in [1.54, 1.807) is 42.5 Å². The lowest BCUT2D eigenvalue weighted by atomic mass is 10.1. The third kappa shape index (κ3) is 6.09. The quantitative estimate of drug-likeness (QED) is 0.560. The number of halogens is 3. The fraction of sp³-hybridized carbons (Fsp3) is 0.222. The van der Waals surface area contributed by atoms with Gasteiger partial charge in [-0.1, -0.05) is 58.6 Å². The van der Waals surface area contributed by atoms with Crippen LogP contribution in [0.1, 0.15) is 22.8 Å². The van der Waals surface area contributed by atoms with E-state index >= 15 is 0 Å². The first-order valence-corrected chi connectivity index (χ1v) is 8.77. The molecular formula is C18H17Cl3N2O3. The van der Waals surface area contributed by atoms with Gasteiger partial charge in [0.05, 0.1) is 0 Å². The number of carbonyl (C=O) groups is 2. The molecule has 0 saturated carbocycles. The van der Waals surface area contributed by atoms with Crippen LogP contribution >= 0.6 is 34.8 Å². The van der Waals surface area contributed by atoms with Crippen LogP contribution in [0.5, 0.6) is 5.75 Å². The highest BCUT2D eigenvalue weighted by Crippen LogP contribution is 2.32. The number of hydrogen-bond acceptors (Lipinski definition) is 3. The van der Waals surface area contributed by atoms with Crippen LogP contribution in [0, 0.1) is 6.92 Å². The van der Waals surface area contributed by atoms with Crippen LogP contribution in [0.2, 0.25) is 0 Å². The van der Waals surface area contributed by atoms with E-state index < -0.39 is 15.9 Å². The zero-order chi connectivity index (χ0) is 19.3. The minimum atomic E-state index is -1.91. The van der Waals surface area contributed by atoms with Crippen LogP contribution in [0.25, 0.3) is 0 Å². The molecule has 2 N–H and O–H groups in total. The molecular weight excluding hydrogens is 399 g/mol. The largest absolute Gasteiger partial charge is 0.466 e. The van der Waals surface area contributed by atoms with Gasteiger partial charge in [-0.2, -0.15) is 0 Å². The third-order valence-corrected chi connectivity index (χ3v) is 3.84. The Morgan fingerprint density at radius 3 is 2.38 bits per heavy atom. The maximum Gasteiger partial charge on any atom is 0.254 e. The summed E-state index contributed by atoms with van der Waals surface area (Å²) < 4.78 is 3.73. The first kappa shape index (κ1) is 20.4. The van der Waals surface area contributed by atoms with Crippen molar-refractivity contribution in [2.24, 2.45) is 0 Å². The Morgan fingerprint density at radius 1 is 1.08 bits per heavy atom. The van der Waals surface area contributed by atoms with Crippen LogP contribution in [0.4, 0.5) is 5.69 Å². The van der Waals surface area contributed by atoms with Gasteiger partial charge in [-0.05, 0) is 31.2 Å². The Balaban J connectivity index is 2.18.